The summed E-state index contributed by atoms with van der Waals surface area (Å²) in [7, 11) is 2.30. The van der Waals surface area contributed by atoms with Crippen LogP contribution >= 0.6 is 23.2 Å². The highest BCUT2D eigenvalue weighted by atomic mass is 35.5. The van der Waals surface area contributed by atoms with Gasteiger partial charge in [0.2, 0.25) is 0 Å². The maximum absolute atomic E-state index is 6.41. The lowest BCUT2D eigenvalue weighted by Gasteiger charge is -2.36. The van der Waals surface area contributed by atoms with Gasteiger partial charge >= 0.3 is 0 Å². The molecule has 0 saturated carbocycles. The highest BCUT2D eigenvalue weighted by Crippen LogP contribution is 2.39. The Morgan fingerprint density at radius 3 is 1.85 bits per heavy atom. The molecule has 0 N–H and O–H groups in total. The van der Waals surface area contributed by atoms with Crippen molar-refractivity contribution in [1.82, 2.24) is 4.90 Å². The minimum atomic E-state index is -0.0810. The fraction of sp³-hybridized carbons (Fsp3) is 0.478. The van der Waals surface area contributed by atoms with Gasteiger partial charge in [-0.05, 0) is 80.5 Å². The third-order valence-electron chi connectivity index (χ3n) is 6.35. The van der Waals surface area contributed by atoms with Crippen molar-refractivity contribution < 1.29 is 4.74 Å². The van der Waals surface area contributed by atoms with Crippen molar-refractivity contribution in [1.29, 1.82) is 0 Å². The molecule has 2 aromatic rings. The van der Waals surface area contributed by atoms with Crippen molar-refractivity contribution >= 4 is 23.2 Å². The monoisotopic (exact) mass is 403 g/mol. The van der Waals surface area contributed by atoms with Crippen LogP contribution < -0.4 is 0 Å². The van der Waals surface area contributed by atoms with Crippen LogP contribution in [-0.4, -0.2) is 30.6 Å². The number of nitrogens with zero attached hydrogens (tertiary/aromatic N) is 1. The number of hydrogen-bond acceptors (Lipinski definition) is 2. The number of piperidine rings is 1. The molecule has 2 fully saturated rings. The molecule has 3 atom stereocenters. The topological polar surface area (TPSA) is 12.5 Å². The zero-order chi connectivity index (χ0) is 18.8. The molecule has 0 radical (unpaired) electrons. The summed E-state index contributed by atoms with van der Waals surface area (Å²) in [4.78, 5) is 2.60. The van der Waals surface area contributed by atoms with Crippen LogP contribution in [0, 0.1) is 5.92 Å². The predicted octanol–water partition coefficient (Wildman–Crippen LogP) is 6.36. The second-order valence-electron chi connectivity index (χ2n) is 8.03. The second kappa shape index (κ2) is 8.53. The maximum atomic E-state index is 6.41. The van der Waals surface area contributed by atoms with Crippen LogP contribution in [0.15, 0.2) is 48.5 Å². The number of benzene rings is 2. The Balaban J connectivity index is 1.42. The second-order valence-corrected chi connectivity index (χ2v) is 8.90. The minimum Gasteiger partial charge on any atom is -0.369 e. The molecule has 2 saturated heterocycles. The smallest absolute Gasteiger partial charge is 0.108 e. The zero-order valence-electron chi connectivity index (χ0n) is 15.8. The van der Waals surface area contributed by atoms with E-state index in [4.69, 9.17) is 27.9 Å². The lowest BCUT2D eigenvalue weighted by Crippen LogP contribution is -2.40. The highest BCUT2D eigenvalue weighted by molar-refractivity contribution is 6.30. The van der Waals surface area contributed by atoms with E-state index < -0.39 is 0 Å². The molecule has 0 amide bonds. The number of rotatable bonds is 6. The molecule has 0 aliphatic carbocycles. The number of ether oxygens (including phenoxy) is 1. The lowest BCUT2D eigenvalue weighted by atomic mass is 9.89. The molecular weight excluding hydrogens is 377 g/mol. The third kappa shape index (κ3) is 4.51. The van der Waals surface area contributed by atoms with Crippen LogP contribution in [0.3, 0.4) is 0 Å². The third-order valence-corrected chi connectivity index (χ3v) is 6.86. The molecule has 144 valence electrons. The molecular formula is C23H27Cl2NO. The summed E-state index contributed by atoms with van der Waals surface area (Å²) in [5.41, 5.74) is 2.26. The molecule has 1 unspecified atom stereocenters. The van der Waals surface area contributed by atoms with Gasteiger partial charge in [0.1, 0.15) is 6.10 Å². The first-order valence-corrected chi connectivity index (χ1v) is 10.7. The molecule has 2 bridgehead atoms. The van der Waals surface area contributed by atoms with Crippen LogP contribution in [0.2, 0.25) is 10.0 Å². The summed E-state index contributed by atoms with van der Waals surface area (Å²) in [6, 6.07) is 17.5. The average Bonchev–Trinajstić information content (AvgIpc) is 2.88. The van der Waals surface area contributed by atoms with Crippen molar-refractivity contribution in [3.63, 3.8) is 0 Å². The summed E-state index contributed by atoms with van der Waals surface area (Å²) in [6.07, 6.45) is 6.44. The van der Waals surface area contributed by atoms with Crippen LogP contribution in [0.25, 0.3) is 0 Å². The Morgan fingerprint density at radius 2 is 1.37 bits per heavy atom. The number of hydrogen-bond donors (Lipinski definition) is 0. The van der Waals surface area contributed by atoms with E-state index in [2.05, 4.69) is 36.2 Å². The Morgan fingerprint density at radius 1 is 0.889 bits per heavy atom. The van der Waals surface area contributed by atoms with Crippen molar-refractivity contribution in [3.05, 3.63) is 69.7 Å². The van der Waals surface area contributed by atoms with Gasteiger partial charge in [0.25, 0.3) is 0 Å². The first-order chi connectivity index (χ1) is 13.1. The molecule has 27 heavy (non-hydrogen) atoms. The van der Waals surface area contributed by atoms with E-state index >= 15 is 0 Å². The quantitative estimate of drug-likeness (QED) is 0.555. The van der Waals surface area contributed by atoms with Gasteiger partial charge in [-0.15, -0.1) is 0 Å². The Bertz CT molecular complexity index is 686. The van der Waals surface area contributed by atoms with Crippen LogP contribution in [0.1, 0.15) is 49.3 Å². The van der Waals surface area contributed by atoms with Crippen molar-refractivity contribution in [2.45, 2.75) is 50.3 Å². The van der Waals surface area contributed by atoms with E-state index in [1.54, 1.807) is 0 Å². The summed E-state index contributed by atoms with van der Waals surface area (Å²) in [5.74, 6) is 0.787. The molecule has 4 rings (SSSR count). The van der Waals surface area contributed by atoms with Gasteiger partial charge < -0.3 is 9.64 Å². The van der Waals surface area contributed by atoms with E-state index in [9.17, 15) is 0 Å². The first-order valence-electron chi connectivity index (χ1n) is 9.94. The molecule has 2 aromatic carbocycles. The van der Waals surface area contributed by atoms with Gasteiger partial charge in [-0.2, -0.15) is 0 Å². The summed E-state index contributed by atoms with van der Waals surface area (Å²) in [5, 5.41) is 1.49. The molecule has 2 nitrogen and oxygen atoms in total. The average molecular weight is 404 g/mol. The van der Waals surface area contributed by atoms with Crippen molar-refractivity contribution in [2.75, 3.05) is 13.7 Å². The Kier molecular flexibility index (Phi) is 6.08. The van der Waals surface area contributed by atoms with Crippen LogP contribution in [0.4, 0.5) is 0 Å². The normalized spacial score (nSPS) is 25.3. The molecule has 2 aliphatic rings. The van der Waals surface area contributed by atoms with Crippen LogP contribution in [0.5, 0.6) is 0 Å². The van der Waals surface area contributed by atoms with Gasteiger partial charge in [-0.25, -0.2) is 0 Å². The molecule has 0 spiro atoms. The molecule has 0 aromatic heterocycles. The van der Waals surface area contributed by atoms with Gasteiger partial charge in [-0.1, -0.05) is 47.5 Å². The lowest BCUT2D eigenvalue weighted by molar-refractivity contribution is 0.0522. The van der Waals surface area contributed by atoms with Gasteiger partial charge in [0.15, 0.2) is 0 Å². The van der Waals surface area contributed by atoms with E-state index in [0.717, 1.165) is 52.2 Å². The minimum absolute atomic E-state index is 0.0810. The van der Waals surface area contributed by atoms with Gasteiger partial charge in [-0.3, -0.25) is 0 Å². The SMILES string of the molecule is CN1[C@@H]2CC[C@H]1CC(CCOC(c1ccc(Cl)cc1)c1ccc(Cl)cc1)C2. The maximum Gasteiger partial charge on any atom is 0.108 e. The van der Waals surface area contributed by atoms with E-state index in [0.29, 0.717) is 0 Å². The largest absolute Gasteiger partial charge is 0.369 e. The molecule has 2 aliphatic heterocycles. The number of fused-ring (bicyclic) bond motifs is 2. The standard InChI is InChI=1S/C23H27Cl2NO/c1-26-21-10-11-22(26)15-16(14-21)12-13-27-23(17-2-6-19(24)7-3-17)18-4-8-20(25)9-5-18/h2-9,16,21-23H,10-15H2,1H3/t16?,21-,22+. The van der Waals surface area contributed by atoms with E-state index in [1.165, 1.54) is 25.7 Å². The van der Waals surface area contributed by atoms with E-state index in [1.807, 2.05) is 24.3 Å². The Labute approximate surface area is 172 Å². The highest BCUT2D eigenvalue weighted by Gasteiger charge is 2.38. The van der Waals surface area contributed by atoms with Gasteiger partial charge in [0.05, 0.1) is 0 Å². The molecule has 2 heterocycles. The summed E-state index contributed by atoms with van der Waals surface area (Å²) in [6.45, 7) is 0.781. The zero-order valence-corrected chi connectivity index (χ0v) is 17.3. The van der Waals surface area contributed by atoms with Gasteiger partial charge in [0, 0.05) is 28.7 Å². The fourth-order valence-electron chi connectivity index (χ4n) is 4.77. The van der Waals surface area contributed by atoms with Crippen molar-refractivity contribution in [2.24, 2.45) is 5.92 Å². The number of halogens is 2. The fourth-order valence-corrected chi connectivity index (χ4v) is 5.02. The summed E-state index contributed by atoms with van der Waals surface area (Å²) < 4.78 is 6.41. The molecule has 4 heteroatoms. The Hall–Kier alpha value is -1.06. The van der Waals surface area contributed by atoms with E-state index in [-0.39, 0.29) is 6.10 Å². The predicted molar refractivity (Wildman–Crippen MR) is 113 cm³/mol. The van der Waals surface area contributed by atoms with Crippen molar-refractivity contribution in [3.8, 4) is 0 Å². The summed E-state index contributed by atoms with van der Waals surface area (Å²) >= 11 is 12.1. The first kappa shape index (κ1) is 19.3. The van der Waals surface area contributed by atoms with Crippen LogP contribution in [-0.2, 0) is 4.74 Å².